The summed E-state index contributed by atoms with van der Waals surface area (Å²) in [6, 6.07) is 0.0794. The minimum atomic E-state index is -2.13. The van der Waals surface area contributed by atoms with E-state index in [4.69, 9.17) is 5.11 Å². The Bertz CT molecular complexity index is 380. The molecular weight excluding hydrogens is 280 g/mol. The van der Waals surface area contributed by atoms with Gasteiger partial charge in [-0.15, -0.1) is 0 Å². The van der Waals surface area contributed by atoms with E-state index in [2.05, 4.69) is 0 Å². The van der Waals surface area contributed by atoms with Crippen LogP contribution in [0.15, 0.2) is 6.07 Å². The van der Waals surface area contributed by atoms with Crippen LogP contribution in [0.5, 0.6) is 0 Å². The summed E-state index contributed by atoms with van der Waals surface area (Å²) in [6.45, 7) is 0. The first kappa shape index (κ1) is 13.9. The van der Waals surface area contributed by atoms with Crippen molar-refractivity contribution in [3.8, 4) is 0 Å². The Kier molecular flexibility index (Phi) is 5.07. The first-order valence-electron chi connectivity index (χ1n) is 3.01. The predicted octanol–water partition coefficient (Wildman–Crippen LogP) is 1.02. The van der Waals surface area contributed by atoms with Crippen molar-refractivity contribution in [3.05, 3.63) is 34.9 Å². The Labute approximate surface area is 113 Å². The number of carboxylic acid groups (broad SMARTS) is 1. The van der Waals surface area contributed by atoms with Crippen LogP contribution in [0.4, 0.5) is 17.6 Å². The van der Waals surface area contributed by atoms with Crippen LogP contribution in [0, 0.1) is 23.3 Å². The van der Waals surface area contributed by atoms with Gasteiger partial charge in [0.2, 0.25) is 0 Å². The molecule has 0 bridgehead atoms. The molecule has 0 saturated carbocycles. The van der Waals surface area contributed by atoms with Gasteiger partial charge in [0, 0.05) is 0 Å². The molecule has 0 aliphatic heterocycles. The topological polar surface area (TPSA) is 37.3 Å². The molecule has 0 aromatic heterocycles. The van der Waals surface area contributed by atoms with Gasteiger partial charge in [-0.2, -0.15) is 0 Å². The second-order valence-electron chi connectivity index (χ2n) is 2.15. The summed E-state index contributed by atoms with van der Waals surface area (Å²) in [5, 5.41) is 8.21. The van der Waals surface area contributed by atoms with Crippen LogP contribution < -0.4 is 0 Å². The molecule has 0 aliphatic rings. The fraction of sp³-hybridized carbons (Fsp3) is 0. The SMILES string of the molecule is O=C(O)c1cc(F)c(F)c(F)c1F.[SrH2]. The molecule has 0 spiro atoms. The zero-order chi connectivity index (χ0) is 10.2. The van der Waals surface area contributed by atoms with Crippen molar-refractivity contribution in [2.24, 2.45) is 0 Å². The second kappa shape index (κ2) is 5.11. The van der Waals surface area contributed by atoms with E-state index in [0.717, 1.165) is 0 Å². The van der Waals surface area contributed by atoms with Crippen LogP contribution in [0.1, 0.15) is 10.4 Å². The Morgan fingerprint density at radius 1 is 1.07 bits per heavy atom. The van der Waals surface area contributed by atoms with Crippen LogP contribution in [0.3, 0.4) is 0 Å². The van der Waals surface area contributed by atoms with Crippen molar-refractivity contribution >= 4 is 51.5 Å². The minimum absolute atomic E-state index is 0. The van der Waals surface area contributed by atoms with Gasteiger partial charge in [-0.25, -0.2) is 22.4 Å². The second-order valence-corrected chi connectivity index (χ2v) is 2.15. The van der Waals surface area contributed by atoms with Crippen molar-refractivity contribution in [1.82, 2.24) is 0 Å². The van der Waals surface area contributed by atoms with E-state index in [1.165, 1.54) is 0 Å². The summed E-state index contributed by atoms with van der Waals surface area (Å²) in [4.78, 5) is 10.1. The molecule has 0 fully saturated rings. The van der Waals surface area contributed by atoms with E-state index in [9.17, 15) is 22.4 Å². The van der Waals surface area contributed by atoms with E-state index in [0.29, 0.717) is 0 Å². The molecule has 0 unspecified atom stereocenters. The van der Waals surface area contributed by atoms with Gasteiger partial charge in [-0.05, 0) is 6.07 Å². The first-order chi connectivity index (χ1) is 5.95. The van der Waals surface area contributed by atoms with E-state index in [-0.39, 0.29) is 51.5 Å². The Morgan fingerprint density at radius 3 is 2.00 bits per heavy atom. The van der Waals surface area contributed by atoms with E-state index >= 15 is 0 Å². The molecule has 1 rings (SSSR count). The van der Waals surface area contributed by atoms with Crippen molar-refractivity contribution < 1.29 is 27.5 Å². The number of hydrogen-bond acceptors (Lipinski definition) is 1. The molecule has 1 aromatic rings. The zero-order valence-corrected chi connectivity index (χ0v) is 5.94. The monoisotopic (exact) mass is 284 g/mol. The molecular formula is C7H4F4O2Sr. The fourth-order valence-corrected chi connectivity index (χ4v) is 0.728. The molecule has 0 saturated heterocycles. The molecule has 0 amide bonds. The molecule has 7 heteroatoms. The maximum atomic E-state index is 12.5. The number of benzene rings is 1. The number of carboxylic acids is 1. The van der Waals surface area contributed by atoms with Crippen LogP contribution in [-0.4, -0.2) is 56.6 Å². The Hall–Kier alpha value is -0.109. The van der Waals surface area contributed by atoms with Crippen LogP contribution in [0.2, 0.25) is 0 Å². The van der Waals surface area contributed by atoms with E-state index in [1.54, 1.807) is 0 Å². The average molecular weight is 284 g/mol. The Morgan fingerprint density at radius 2 is 1.57 bits per heavy atom. The first-order valence-corrected chi connectivity index (χ1v) is 3.01. The van der Waals surface area contributed by atoms with Crippen molar-refractivity contribution in [2.45, 2.75) is 0 Å². The van der Waals surface area contributed by atoms with Crippen molar-refractivity contribution in [1.29, 1.82) is 0 Å². The number of carbonyl (C=O) groups is 1. The molecule has 0 heterocycles. The van der Waals surface area contributed by atoms with Crippen molar-refractivity contribution in [2.75, 3.05) is 0 Å². The maximum absolute atomic E-state index is 12.5. The molecule has 1 N–H and O–H groups in total. The third kappa shape index (κ3) is 2.47. The molecule has 0 aliphatic carbocycles. The van der Waals surface area contributed by atoms with Gasteiger partial charge >= 0.3 is 51.5 Å². The Balaban J connectivity index is 0.00000169. The summed E-state index contributed by atoms with van der Waals surface area (Å²) in [5.41, 5.74) is -1.24. The van der Waals surface area contributed by atoms with Crippen molar-refractivity contribution in [3.63, 3.8) is 0 Å². The van der Waals surface area contributed by atoms with Crippen LogP contribution in [-0.2, 0) is 0 Å². The average Bonchev–Trinajstić information content (AvgIpc) is 2.07. The van der Waals surface area contributed by atoms with Gasteiger partial charge in [0.25, 0.3) is 0 Å². The molecule has 0 radical (unpaired) electrons. The van der Waals surface area contributed by atoms with Gasteiger partial charge in [-0.3, -0.25) is 0 Å². The third-order valence-corrected chi connectivity index (χ3v) is 1.33. The summed E-state index contributed by atoms with van der Waals surface area (Å²) in [5.74, 6) is -9.67. The van der Waals surface area contributed by atoms with Gasteiger partial charge in [-0.1, -0.05) is 0 Å². The molecule has 14 heavy (non-hydrogen) atoms. The number of hydrogen-bond donors (Lipinski definition) is 1. The van der Waals surface area contributed by atoms with Crippen LogP contribution >= 0.6 is 0 Å². The normalized spacial score (nSPS) is 9.43. The molecule has 74 valence electrons. The van der Waals surface area contributed by atoms with Crippen LogP contribution in [0.25, 0.3) is 0 Å². The number of aromatic carboxylic acids is 1. The van der Waals surface area contributed by atoms with Gasteiger partial charge in [0.05, 0.1) is 0 Å². The van der Waals surface area contributed by atoms with Gasteiger partial charge in [0.15, 0.2) is 23.3 Å². The number of halogens is 4. The van der Waals surface area contributed by atoms with E-state index in [1.807, 2.05) is 0 Å². The standard InChI is InChI=1S/C7H2F4O2.Sr.2H/c8-3-1-2(7(12)13)4(9)6(11)5(3)10;;;/h1H,(H,12,13);;;. The quantitative estimate of drug-likeness (QED) is 0.362. The predicted molar refractivity (Wildman–Crippen MR) is 41.8 cm³/mol. The van der Waals surface area contributed by atoms with Gasteiger partial charge in [0.1, 0.15) is 5.56 Å². The van der Waals surface area contributed by atoms with E-state index < -0.39 is 34.8 Å². The summed E-state index contributed by atoms with van der Waals surface area (Å²) in [7, 11) is 0. The summed E-state index contributed by atoms with van der Waals surface area (Å²) < 4.78 is 49.5. The van der Waals surface area contributed by atoms with Gasteiger partial charge < -0.3 is 5.11 Å². The third-order valence-electron chi connectivity index (χ3n) is 1.33. The fourth-order valence-electron chi connectivity index (χ4n) is 0.728. The number of rotatable bonds is 1. The molecule has 2 nitrogen and oxygen atoms in total. The summed E-state index contributed by atoms with van der Waals surface area (Å²) in [6.07, 6.45) is 0. The summed E-state index contributed by atoms with van der Waals surface area (Å²) >= 11 is 0. The molecule has 1 aromatic carbocycles. The zero-order valence-electron chi connectivity index (χ0n) is 5.94. The molecule has 0 atom stereocenters.